The topological polar surface area (TPSA) is 115 Å². The smallest absolute Gasteiger partial charge is 0.287 e. The van der Waals surface area contributed by atoms with Gasteiger partial charge in [0.2, 0.25) is 5.88 Å². The van der Waals surface area contributed by atoms with Crippen molar-refractivity contribution >= 4 is 69.8 Å². The molecule has 0 atom stereocenters. The van der Waals surface area contributed by atoms with Crippen molar-refractivity contribution in [3.05, 3.63) is 92.1 Å². The molecule has 0 spiro atoms. The summed E-state index contributed by atoms with van der Waals surface area (Å²) in [4.78, 5) is 40.7. The molecule has 1 aliphatic heterocycles. The predicted octanol–water partition coefficient (Wildman–Crippen LogP) is 4.92. The number of carbonyl (C=O) groups is 2. The maximum Gasteiger partial charge on any atom is 0.287 e. The van der Waals surface area contributed by atoms with Gasteiger partial charge in [0.1, 0.15) is 17.5 Å². The first-order chi connectivity index (χ1) is 16.2. The fraction of sp³-hybridized carbons (Fsp3) is 0. The Morgan fingerprint density at radius 2 is 1.82 bits per heavy atom. The van der Waals surface area contributed by atoms with Crippen LogP contribution >= 0.6 is 35.4 Å². The van der Waals surface area contributed by atoms with Crippen molar-refractivity contribution in [3.63, 3.8) is 0 Å². The van der Waals surface area contributed by atoms with Crippen LogP contribution in [0.1, 0.15) is 5.56 Å². The number of pyridine rings is 1. The lowest BCUT2D eigenvalue weighted by Crippen LogP contribution is -2.54. The van der Waals surface area contributed by atoms with E-state index in [0.717, 1.165) is 11.1 Å². The Balaban J connectivity index is 1.57. The summed E-state index contributed by atoms with van der Waals surface area (Å²) in [6.45, 7) is 0. The molecule has 2 heterocycles. The number of nitrogens with one attached hydrogen (secondary N) is 1. The first-order valence-corrected chi connectivity index (χ1v) is 10.6. The molecule has 170 valence electrons. The molecule has 1 saturated heterocycles. The van der Waals surface area contributed by atoms with E-state index in [1.807, 2.05) is 0 Å². The fourth-order valence-corrected chi connectivity index (χ4v) is 3.66. The lowest BCUT2D eigenvalue weighted by Gasteiger charge is -2.29. The number of nitro groups is 1. The Morgan fingerprint density at radius 3 is 2.47 bits per heavy atom. The number of ether oxygens (including phenoxy) is 1. The van der Waals surface area contributed by atoms with Crippen molar-refractivity contribution < 1.29 is 19.2 Å². The largest absolute Gasteiger partial charge is 0.439 e. The van der Waals surface area contributed by atoms with Crippen LogP contribution < -0.4 is 15.0 Å². The van der Waals surface area contributed by atoms with E-state index in [1.165, 1.54) is 18.2 Å². The van der Waals surface area contributed by atoms with E-state index in [2.05, 4.69) is 10.3 Å². The number of thiocarbonyl (C=S) groups is 1. The summed E-state index contributed by atoms with van der Waals surface area (Å²) < 4.78 is 5.56. The third kappa shape index (κ3) is 4.74. The van der Waals surface area contributed by atoms with Crippen molar-refractivity contribution in [3.8, 4) is 11.6 Å². The molecule has 1 N–H and O–H groups in total. The monoisotopic (exact) mass is 514 g/mol. The summed E-state index contributed by atoms with van der Waals surface area (Å²) in [6.07, 6.45) is 2.49. The Hall–Kier alpha value is -3.86. The van der Waals surface area contributed by atoms with Gasteiger partial charge in [0.05, 0.1) is 20.7 Å². The van der Waals surface area contributed by atoms with Crippen LogP contribution in [0.15, 0.2) is 66.4 Å². The summed E-state index contributed by atoms with van der Waals surface area (Å²) in [5.41, 5.74) is 0.467. The van der Waals surface area contributed by atoms with Gasteiger partial charge in [0.15, 0.2) is 5.11 Å². The van der Waals surface area contributed by atoms with Crippen molar-refractivity contribution in [2.45, 2.75) is 0 Å². The van der Waals surface area contributed by atoms with Crippen LogP contribution in [0.5, 0.6) is 11.6 Å². The highest BCUT2D eigenvalue weighted by Crippen LogP contribution is 2.34. The van der Waals surface area contributed by atoms with Crippen LogP contribution in [-0.4, -0.2) is 26.8 Å². The van der Waals surface area contributed by atoms with Gasteiger partial charge in [-0.15, -0.1) is 0 Å². The van der Waals surface area contributed by atoms with E-state index >= 15 is 0 Å². The number of carbonyl (C=O) groups excluding carboxylic acids is 2. The minimum atomic E-state index is -0.659. The molecule has 4 rings (SSSR count). The molecule has 1 aliphatic rings. The van der Waals surface area contributed by atoms with Crippen LogP contribution in [0.3, 0.4) is 0 Å². The zero-order valence-corrected chi connectivity index (χ0v) is 19.2. The molecule has 12 heteroatoms. The van der Waals surface area contributed by atoms with Gasteiger partial charge >= 0.3 is 0 Å². The SMILES string of the molecule is O=C1NC(=S)N(c2cccc(Cl)c2Cl)C(=O)/C1=C/c1ccc(Oc2ccc([N+](=O)[O-])cn2)cc1. The molecule has 1 aromatic heterocycles. The second-order valence-electron chi connectivity index (χ2n) is 6.81. The molecule has 2 amide bonds. The second kappa shape index (κ2) is 9.56. The van der Waals surface area contributed by atoms with E-state index in [1.54, 1.807) is 42.5 Å². The van der Waals surface area contributed by atoms with Crippen LogP contribution in [0.25, 0.3) is 6.08 Å². The van der Waals surface area contributed by atoms with Crippen LogP contribution in [0, 0.1) is 10.1 Å². The molecule has 0 aliphatic carbocycles. The van der Waals surface area contributed by atoms with Gasteiger partial charge in [0, 0.05) is 12.1 Å². The van der Waals surface area contributed by atoms with E-state index < -0.39 is 16.7 Å². The van der Waals surface area contributed by atoms with Gasteiger partial charge in [-0.2, -0.15) is 0 Å². The zero-order chi connectivity index (χ0) is 24.4. The van der Waals surface area contributed by atoms with Crippen molar-refractivity contribution in [1.82, 2.24) is 10.3 Å². The van der Waals surface area contributed by atoms with Gasteiger partial charge in [-0.3, -0.25) is 29.9 Å². The lowest BCUT2D eigenvalue weighted by molar-refractivity contribution is -0.385. The predicted molar refractivity (Wildman–Crippen MR) is 130 cm³/mol. The van der Waals surface area contributed by atoms with E-state index in [9.17, 15) is 19.7 Å². The quantitative estimate of drug-likeness (QED) is 0.169. The van der Waals surface area contributed by atoms with E-state index in [0.29, 0.717) is 11.3 Å². The third-order valence-electron chi connectivity index (χ3n) is 4.62. The summed E-state index contributed by atoms with van der Waals surface area (Å²) >= 11 is 17.5. The summed E-state index contributed by atoms with van der Waals surface area (Å²) in [5, 5.41) is 13.4. The number of benzene rings is 2. The van der Waals surface area contributed by atoms with Crippen molar-refractivity contribution in [2.24, 2.45) is 0 Å². The number of halogens is 2. The molecule has 0 unspecified atom stereocenters. The first kappa shape index (κ1) is 23.3. The van der Waals surface area contributed by atoms with Crippen LogP contribution in [0.2, 0.25) is 10.0 Å². The number of aromatic nitrogens is 1. The van der Waals surface area contributed by atoms with Crippen LogP contribution in [0.4, 0.5) is 11.4 Å². The fourth-order valence-electron chi connectivity index (χ4n) is 3.00. The maximum atomic E-state index is 13.1. The first-order valence-electron chi connectivity index (χ1n) is 9.48. The number of anilines is 1. The molecule has 0 saturated carbocycles. The lowest BCUT2D eigenvalue weighted by atomic mass is 10.1. The van der Waals surface area contributed by atoms with Gasteiger partial charge in [-0.05, 0) is 48.1 Å². The molecule has 9 nitrogen and oxygen atoms in total. The molecule has 3 aromatic rings. The average Bonchev–Trinajstić information content (AvgIpc) is 2.81. The molecule has 0 bridgehead atoms. The molecular weight excluding hydrogens is 503 g/mol. The summed E-state index contributed by atoms with van der Waals surface area (Å²) in [7, 11) is 0. The normalized spacial score (nSPS) is 14.8. The average molecular weight is 515 g/mol. The highest BCUT2D eigenvalue weighted by Gasteiger charge is 2.35. The minimum Gasteiger partial charge on any atom is -0.439 e. The highest BCUT2D eigenvalue weighted by atomic mass is 35.5. The maximum absolute atomic E-state index is 13.1. The Labute approximate surface area is 207 Å². The number of hydrogen-bond acceptors (Lipinski definition) is 7. The molecule has 2 aromatic carbocycles. The highest BCUT2D eigenvalue weighted by molar-refractivity contribution is 7.80. The van der Waals surface area contributed by atoms with Gasteiger partial charge in [-0.1, -0.05) is 41.4 Å². The molecule has 34 heavy (non-hydrogen) atoms. The number of nitrogens with zero attached hydrogens (tertiary/aromatic N) is 3. The number of amides is 2. The Kier molecular flexibility index (Phi) is 6.55. The minimum absolute atomic E-state index is 0.115. The molecule has 0 radical (unpaired) electrons. The summed E-state index contributed by atoms with van der Waals surface area (Å²) in [5.74, 6) is -0.745. The number of hydrogen-bond donors (Lipinski definition) is 1. The van der Waals surface area contributed by atoms with Crippen LogP contribution in [-0.2, 0) is 9.59 Å². The molecule has 1 fully saturated rings. The Bertz CT molecular complexity index is 1360. The Morgan fingerprint density at radius 1 is 1.09 bits per heavy atom. The van der Waals surface area contributed by atoms with Crippen molar-refractivity contribution in [1.29, 1.82) is 0 Å². The van der Waals surface area contributed by atoms with E-state index in [-0.39, 0.29) is 38.0 Å². The van der Waals surface area contributed by atoms with Gasteiger partial charge in [-0.25, -0.2) is 4.98 Å². The van der Waals surface area contributed by atoms with Gasteiger partial charge in [0.25, 0.3) is 17.5 Å². The second-order valence-corrected chi connectivity index (χ2v) is 7.99. The van der Waals surface area contributed by atoms with Gasteiger partial charge < -0.3 is 4.74 Å². The summed E-state index contributed by atoms with van der Waals surface area (Å²) in [6, 6.07) is 13.8. The third-order valence-corrected chi connectivity index (χ3v) is 5.71. The molecular formula is C22H12Cl2N4O5S. The van der Waals surface area contributed by atoms with E-state index in [4.69, 9.17) is 40.2 Å². The van der Waals surface area contributed by atoms with Crippen molar-refractivity contribution in [2.75, 3.05) is 4.90 Å². The zero-order valence-electron chi connectivity index (χ0n) is 16.9. The number of rotatable bonds is 5. The standard InChI is InChI=1S/C22H12Cl2N4O5S/c23-16-2-1-3-17(19(16)24)27-21(30)15(20(29)26-22(27)34)10-12-4-7-14(8-5-12)33-18-9-6-13(11-25-18)28(31)32/h1-11H,(H,26,29,34)/b15-10+.